The Balaban J connectivity index is 0.00000200. The van der Waals surface area contributed by atoms with Crippen LogP contribution in [0.5, 0.6) is 0 Å². The van der Waals surface area contributed by atoms with Crippen molar-refractivity contribution < 1.29 is 9.53 Å². The Bertz CT molecular complexity index is 317. The van der Waals surface area contributed by atoms with E-state index in [-0.39, 0.29) is 35.8 Å². The largest absolute Gasteiger partial charge is 0.378 e. The van der Waals surface area contributed by atoms with Gasteiger partial charge in [0.15, 0.2) is 0 Å². The summed E-state index contributed by atoms with van der Waals surface area (Å²) in [4.78, 5) is 12.4. The number of ether oxygens (including phenoxy) is 1. The number of carbonyl (C=O) groups excluding carboxylic acids is 1. The lowest BCUT2D eigenvalue weighted by Gasteiger charge is -2.37. The average Bonchev–Trinajstić information content (AvgIpc) is 2.80. The van der Waals surface area contributed by atoms with E-state index >= 15 is 0 Å². The number of nitrogens with one attached hydrogen (secondary N) is 1. The fourth-order valence-corrected chi connectivity index (χ4v) is 3.42. The molecule has 0 aromatic carbocycles. The summed E-state index contributed by atoms with van der Waals surface area (Å²) in [5.74, 6) is 0.100. The highest BCUT2D eigenvalue weighted by atomic mass is 35.5. The summed E-state index contributed by atoms with van der Waals surface area (Å²) in [7, 11) is 0. The van der Waals surface area contributed by atoms with E-state index in [1.165, 1.54) is 0 Å². The van der Waals surface area contributed by atoms with Crippen molar-refractivity contribution in [1.29, 1.82) is 0 Å². The molecule has 0 radical (unpaired) electrons. The van der Waals surface area contributed by atoms with E-state index in [1.807, 2.05) is 6.92 Å². The predicted octanol–water partition coefficient (Wildman–Crippen LogP) is 2.39. The van der Waals surface area contributed by atoms with E-state index in [9.17, 15) is 4.79 Å². The fraction of sp³-hybridized carbons (Fsp3) is 0.933. The normalized spacial score (nSPS) is 35.1. The van der Waals surface area contributed by atoms with Gasteiger partial charge in [-0.25, -0.2) is 0 Å². The third-order valence-corrected chi connectivity index (χ3v) is 4.60. The minimum absolute atomic E-state index is 0. The molecule has 1 heterocycles. The summed E-state index contributed by atoms with van der Waals surface area (Å²) in [6, 6.07) is 0.174. The van der Waals surface area contributed by atoms with Crippen LogP contribution in [0.3, 0.4) is 0 Å². The molecule has 2 aliphatic rings. The Labute approximate surface area is 128 Å². The smallest absolute Gasteiger partial charge is 0.225 e. The van der Waals surface area contributed by atoms with E-state index in [0.717, 1.165) is 51.6 Å². The van der Waals surface area contributed by atoms with Crippen molar-refractivity contribution in [1.82, 2.24) is 5.32 Å². The van der Waals surface area contributed by atoms with Crippen LogP contribution in [0, 0.1) is 5.92 Å². The standard InChI is InChI=1S/C15H28N2O2.ClH/c1-11(10-12-6-5-9-19-12)17-14(18)13-7-3-4-8-15(13,2)16;/h11-13H,3-10,16H2,1-2H3,(H,17,18);1H. The van der Waals surface area contributed by atoms with Crippen molar-refractivity contribution in [3.63, 3.8) is 0 Å². The fourth-order valence-electron chi connectivity index (χ4n) is 3.42. The first kappa shape index (κ1) is 17.7. The molecule has 1 amide bonds. The third kappa shape index (κ3) is 4.61. The second kappa shape index (κ2) is 7.62. The molecule has 4 unspecified atom stereocenters. The SMILES string of the molecule is CC(CC1CCCO1)NC(=O)C1CCCCC1(C)N.Cl. The molecule has 5 heteroatoms. The molecule has 1 saturated heterocycles. The molecule has 2 fully saturated rings. The number of rotatable bonds is 4. The van der Waals surface area contributed by atoms with Crippen LogP contribution < -0.4 is 11.1 Å². The molecule has 1 aliphatic heterocycles. The van der Waals surface area contributed by atoms with Gasteiger partial charge in [-0.3, -0.25) is 4.79 Å². The first-order valence-corrected chi connectivity index (χ1v) is 7.70. The summed E-state index contributed by atoms with van der Waals surface area (Å²) in [6.07, 6.45) is 7.64. The number of hydrogen-bond acceptors (Lipinski definition) is 3. The molecule has 118 valence electrons. The summed E-state index contributed by atoms with van der Waals surface area (Å²) >= 11 is 0. The van der Waals surface area contributed by atoms with Crippen molar-refractivity contribution in [2.24, 2.45) is 11.7 Å². The summed E-state index contributed by atoms with van der Waals surface area (Å²) < 4.78 is 5.62. The van der Waals surface area contributed by atoms with E-state index in [0.29, 0.717) is 6.10 Å². The van der Waals surface area contributed by atoms with Crippen LogP contribution in [-0.4, -0.2) is 30.2 Å². The van der Waals surface area contributed by atoms with Crippen LogP contribution in [0.25, 0.3) is 0 Å². The Morgan fingerprint density at radius 1 is 1.40 bits per heavy atom. The van der Waals surface area contributed by atoms with Crippen LogP contribution >= 0.6 is 12.4 Å². The maximum atomic E-state index is 12.4. The monoisotopic (exact) mass is 304 g/mol. The van der Waals surface area contributed by atoms with Crippen molar-refractivity contribution in [2.75, 3.05) is 6.61 Å². The Kier molecular flexibility index (Phi) is 6.76. The van der Waals surface area contributed by atoms with Crippen LogP contribution in [0.4, 0.5) is 0 Å². The quantitative estimate of drug-likeness (QED) is 0.838. The molecule has 3 N–H and O–H groups in total. The molecular formula is C15H29ClN2O2. The zero-order chi connectivity index (χ0) is 13.9. The zero-order valence-corrected chi connectivity index (χ0v) is 13.5. The molecule has 1 aliphatic carbocycles. The summed E-state index contributed by atoms with van der Waals surface area (Å²) in [5, 5.41) is 3.13. The van der Waals surface area contributed by atoms with Gasteiger partial charge in [-0.05, 0) is 46.0 Å². The molecule has 0 aromatic rings. The van der Waals surface area contributed by atoms with Crippen LogP contribution in [0.1, 0.15) is 58.8 Å². The minimum Gasteiger partial charge on any atom is -0.378 e. The Morgan fingerprint density at radius 3 is 2.75 bits per heavy atom. The topological polar surface area (TPSA) is 64.3 Å². The molecule has 0 spiro atoms. The summed E-state index contributed by atoms with van der Waals surface area (Å²) in [5.41, 5.74) is 5.94. The minimum atomic E-state index is -0.341. The van der Waals surface area contributed by atoms with Crippen molar-refractivity contribution >= 4 is 18.3 Å². The van der Waals surface area contributed by atoms with Gasteiger partial charge in [-0.15, -0.1) is 12.4 Å². The van der Waals surface area contributed by atoms with Crippen molar-refractivity contribution in [3.8, 4) is 0 Å². The average molecular weight is 305 g/mol. The molecule has 1 saturated carbocycles. The first-order valence-electron chi connectivity index (χ1n) is 7.70. The third-order valence-electron chi connectivity index (χ3n) is 4.60. The molecular weight excluding hydrogens is 276 g/mol. The Morgan fingerprint density at radius 2 is 2.15 bits per heavy atom. The zero-order valence-electron chi connectivity index (χ0n) is 12.7. The van der Waals surface area contributed by atoms with Gasteiger partial charge in [0, 0.05) is 18.2 Å². The number of amides is 1. The van der Waals surface area contributed by atoms with Gasteiger partial charge in [0.05, 0.1) is 12.0 Å². The number of carbonyl (C=O) groups is 1. The molecule has 2 rings (SSSR count). The highest BCUT2D eigenvalue weighted by molar-refractivity contribution is 5.85. The molecule has 4 nitrogen and oxygen atoms in total. The first-order chi connectivity index (χ1) is 8.99. The highest BCUT2D eigenvalue weighted by Gasteiger charge is 2.38. The van der Waals surface area contributed by atoms with Gasteiger partial charge < -0.3 is 15.8 Å². The van der Waals surface area contributed by atoms with E-state index < -0.39 is 0 Å². The van der Waals surface area contributed by atoms with Gasteiger partial charge >= 0.3 is 0 Å². The van der Waals surface area contributed by atoms with E-state index in [2.05, 4.69) is 12.2 Å². The van der Waals surface area contributed by atoms with E-state index in [1.54, 1.807) is 0 Å². The van der Waals surface area contributed by atoms with E-state index in [4.69, 9.17) is 10.5 Å². The van der Waals surface area contributed by atoms with Gasteiger partial charge in [-0.2, -0.15) is 0 Å². The molecule has 0 aromatic heterocycles. The number of nitrogens with two attached hydrogens (primary N) is 1. The lowest BCUT2D eigenvalue weighted by atomic mass is 9.74. The van der Waals surface area contributed by atoms with Crippen molar-refractivity contribution in [3.05, 3.63) is 0 Å². The predicted molar refractivity (Wildman–Crippen MR) is 83.0 cm³/mol. The van der Waals surface area contributed by atoms with Crippen LogP contribution in [0.15, 0.2) is 0 Å². The lowest BCUT2D eigenvalue weighted by Crippen LogP contribution is -2.54. The Hall–Kier alpha value is -0.320. The van der Waals surface area contributed by atoms with Crippen LogP contribution in [-0.2, 0) is 9.53 Å². The van der Waals surface area contributed by atoms with Gasteiger partial charge in [-0.1, -0.05) is 12.8 Å². The molecule has 4 atom stereocenters. The lowest BCUT2D eigenvalue weighted by molar-refractivity contribution is -0.128. The van der Waals surface area contributed by atoms with Gasteiger partial charge in [0.2, 0.25) is 5.91 Å². The molecule has 0 bridgehead atoms. The number of halogens is 1. The maximum absolute atomic E-state index is 12.4. The highest BCUT2D eigenvalue weighted by Crippen LogP contribution is 2.31. The summed E-state index contributed by atoms with van der Waals surface area (Å²) in [6.45, 7) is 4.95. The molecule has 20 heavy (non-hydrogen) atoms. The second-order valence-electron chi connectivity index (χ2n) is 6.58. The second-order valence-corrected chi connectivity index (χ2v) is 6.58. The van der Waals surface area contributed by atoms with Gasteiger partial charge in [0.25, 0.3) is 0 Å². The van der Waals surface area contributed by atoms with Crippen LogP contribution in [0.2, 0.25) is 0 Å². The number of hydrogen-bond donors (Lipinski definition) is 2. The van der Waals surface area contributed by atoms with Gasteiger partial charge in [0.1, 0.15) is 0 Å². The maximum Gasteiger partial charge on any atom is 0.225 e. The van der Waals surface area contributed by atoms with Crippen molar-refractivity contribution in [2.45, 2.75) is 76.5 Å².